The minimum Gasteiger partial charge on any atom is -0.339 e. The second kappa shape index (κ2) is 21.6. The molecule has 16 heteroatoms. The van der Waals surface area contributed by atoms with E-state index < -0.39 is 0 Å². The summed E-state index contributed by atoms with van der Waals surface area (Å²) in [6, 6.07) is 15.8. The largest absolute Gasteiger partial charge is 0.339 e. The molecule has 2 aromatic rings. The van der Waals surface area contributed by atoms with Gasteiger partial charge in [0, 0.05) is 104 Å². The van der Waals surface area contributed by atoms with Crippen LogP contribution in [0.4, 0.5) is 0 Å². The number of nitrogens with two attached hydrogens (primary N) is 2. The molecule has 0 atom stereocenters. The highest BCUT2D eigenvalue weighted by molar-refractivity contribution is 5.89. The van der Waals surface area contributed by atoms with Gasteiger partial charge in [0.25, 0.3) is 0 Å². The zero-order valence-electron chi connectivity index (χ0n) is 30.9. The van der Waals surface area contributed by atoms with Crippen molar-refractivity contribution in [1.29, 1.82) is 0 Å². The van der Waals surface area contributed by atoms with Gasteiger partial charge in [0.2, 0.25) is 35.4 Å². The van der Waals surface area contributed by atoms with E-state index in [2.05, 4.69) is 0 Å². The topological polar surface area (TPSA) is 174 Å². The smallest absolute Gasteiger partial charge is 0.242 e. The third-order valence-corrected chi connectivity index (χ3v) is 10.2. The van der Waals surface area contributed by atoms with Gasteiger partial charge < -0.3 is 40.9 Å². The molecule has 0 aromatic heterocycles. The average Bonchev–Trinajstić information content (AvgIpc) is 3.18. The number of benzene rings is 2. The molecule has 0 aliphatic carbocycles. The van der Waals surface area contributed by atoms with Crippen LogP contribution in [-0.2, 0) is 54.7 Å². The molecule has 0 saturated carbocycles. The zero-order chi connectivity index (χ0) is 37.0. The maximum atomic E-state index is 13.2. The van der Waals surface area contributed by atoms with Crippen molar-refractivity contribution in [3.63, 3.8) is 0 Å². The normalized spacial score (nSPS) is 16.6. The summed E-state index contributed by atoms with van der Waals surface area (Å²) in [5.41, 5.74) is 15.6. The maximum absolute atomic E-state index is 13.2. The van der Waals surface area contributed by atoms with Crippen molar-refractivity contribution >= 4 is 60.3 Å². The van der Waals surface area contributed by atoms with Crippen LogP contribution in [0, 0.1) is 0 Å². The van der Waals surface area contributed by atoms with E-state index in [0.29, 0.717) is 91.1 Å². The molecule has 54 heavy (non-hydrogen) atoms. The van der Waals surface area contributed by atoms with Crippen LogP contribution in [0.3, 0.4) is 0 Å². The lowest BCUT2D eigenvalue weighted by Crippen LogP contribution is -2.55. The Kier molecular flexibility index (Phi) is 17.7. The molecule has 3 saturated heterocycles. The standard InChI is InChI=1S/C38H52N8O6.2ClH/c39-25-31-5-1-3-29(23-31)7-9-33(47)41-15-19-43(20-16-41)37(51)27-45-13-11-36(50)46(14-12-35(45)49)28-38(52)44-21-17-42(18-22-44)34(48)10-8-30-4-2-6-32(24-30)26-40;;/h1-6,23-24H,7-22,25-28,39-40H2;2*1H. The SMILES string of the molecule is Cl.Cl.NCc1cccc(CCC(=O)N2CCN(C(=O)CN3CCC(=O)N(CC(=O)N4CCN(C(=O)CCc5cccc(CN)c5)CC4)CCC3=O)CC2)c1. The molecule has 3 heterocycles. The molecule has 6 amide bonds. The molecular formula is C38H54Cl2N8O6. The van der Waals surface area contributed by atoms with Crippen molar-refractivity contribution in [1.82, 2.24) is 29.4 Å². The lowest BCUT2D eigenvalue weighted by molar-refractivity contribution is -0.148. The number of hydrogen-bond acceptors (Lipinski definition) is 8. The molecule has 3 aliphatic heterocycles. The molecule has 0 unspecified atom stereocenters. The second-order valence-electron chi connectivity index (χ2n) is 13.7. The molecule has 14 nitrogen and oxygen atoms in total. The first-order valence-electron chi connectivity index (χ1n) is 18.4. The van der Waals surface area contributed by atoms with Crippen LogP contribution in [0.15, 0.2) is 48.5 Å². The Hall–Kier alpha value is -4.24. The summed E-state index contributed by atoms with van der Waals surface area (Å²) in [6.45, 7) is 4.10. The molecule has 0 spiro atoms. The highest BCUT2D eigenvalue weighted by Gasteiger charge is 2.31. The van der Waals surface area contributed by atoms with Gasteiger partial charge in [0.15, 0.2) is 0 Å². The van der Waals surface area contributed by atoms with Gasteiger partial charge in [-0.15, -0.1) is 24.8 Å². The molecule has 0 bridgehead atoms. The van der Waals surface area contributed by atoms with Gasteiger partial charge >= 0.3 is 0 Å². The third-order valence-electron chi connectivity index (χ3n) is 10.2. The average molecular weight is 790 g/mol. The first-order valence-corrected chi connectivity index (χ1v) is 18.4. The van der Waals surface area contributed by atoms with E-state index >= 15 is 0 Å². The van der Waals surface area contributed by atoms with Crippen LogP contribution in [0.1, 0.15) is 47.9 Å². The zero-order valence-corrected chi connectivity index (χ0v) is 32.5. The van der Waals surface area contributed by atoms with Gasteiger partial charge in [-0.05, 0) is 35.1 Å². The van der Waals surface area contributed by atoms with Gasteiger partial charge in [-0.2, -0.15) is 0 Å². The number of rotatable bonds is 12. The van der Waals surface area contributed by atoms with Gasteiger partial charge in [-0.3, -0.25) is 28.8 Å². The molecule has 4 N–H and O–H groups in total. The number of hydrogen-bond donors (Lipinski definition) is 2. The fourth-order valence-corrected chi connectivity index (χ4v) is 6.94. The van der Waals surface area contributed by atoms with Crippen LogP contribution in [0.5, 0.6) is 0 Å². The van der Waals surface area contributed by atoms with Gasteiger partial charge in [-0.25, -0.2) is 0 Å². The summed E-state index contributed by atoms with van der Waals surface area (Å²) in [5, 5.41) is 0. The number of aryl methyl sites for hydroxylation is 2. The lowest BCUT2D eigenvalue weighted by atomic mass is 10.1. The predicted octanol–water partition coefficient (Wildman–Crippen LogP) is 0.806. The summed E-state index contributed by atoms with van der Waals surface area (Å²) in [7, 11) is 0. The summed E-state index contributed by atoms with van der Waals surface area (Å²) in [6.07, 6.45) is 2.04. The Labute approximate surface area is 329 Å². The molecule has 3 fully saturated rings. The van der Waals surface area contributed by atoms with Crippen molar-refractivity contribution < 1.29 is 28.8 Å². The Morgan fingerprint density at radius 2 is 0.796 bits per heavy atom. The highest BCUT2D eigenvalue weighted by Crippen LogP contribution is 2.14. The minimum atomic E-state index is -0.243. The Morgan fingerprint density at radius 1 is 0.481 bits per heavy atom. The van der Waals surface area contributed by atoms with Crippen molar-refractivity contribution in [3.8, 4) is 0 Å². The summed E-state index contributed by atoms with van der Waals surface area (Å²) in [5.74, 6) is -0.824. The number of halogens is 2. The Balaban J connectivity index is 0.00000392. The first kappa shape index (κ1) is 44.2. The highest BCUT2D eigenvalue weighted by atomic mass is 35.5. The van der Waals surface area contributed by atoms with Crippen LogP contribution in [-0.4, -0.2) is 143 Å². The molecule has 2 aromatic carbocycles. The molecule has 5 rings (SSSR count). The van der Waals surface area contributed by atoms with Gasteiger partial charge in [-0.1, -0.05) is 48.5 Å². The van der Waals surface area contributed by atoms with E-state index in [1.165, 1.54) is 9.80 Å². The number of nitrogens with zero attached hydrogens (tertiary/aromatic N) is 6. The van der Waals surface area contributed by atoms with Crippen LogP contribution in [0.2, 0.25) is 0 Å². The lowest BCUT2D eigenvalue weighted by Gasteiger charge is -2.37. The second-order valence-corrected chi connectivity index (χ2v) is 13.7. The molecule has 296 valence electrons. The van der Waals surface area contributed by atoms with Crippen LogP contribution < -0.4 is 11.5 Å². The van der Waals surface area contributed by atoms with Gasteiger partial charge in [0.05, 0.1) is 13.1 Å². The number of carbonyl (C=O) groups is 6. The predicted molar refractivity (Wildman–Crippen MR) is 209 cm³/mol. The number of amides is 6. The van der Waals surface area contributed by atoms with Crippen LogP contribution in [0.25, 0.3) is 0 Å². The van der Waals surface area contributed by atoms with Crippen LogP contribution >= 0.6 is 24.8 Å². The van der Waals surface area contributed by atoms with Gasteiger partial charge in [0.1, 0.15) is 0 Å². The fraction of sp³-hybridized carbons (Fsp3) is 0.526. The minimum absolute atomic E-state index is 0. The van der Waals surface area contributed by atoms with E-state index in [0.717, 1.165) is 22.3 Å². The summed E-state index contributed by atoms with van der Waals surface area (Å²) < 4.78 is 0. The van der Waals surface area contributed by atoms with E-state index in [9.17, 15) is 28.8 Å². The first-order chi connectivity index (χ1) is 25.1. The number of carbonyl (C=O) groups excluding carboxylic acids is 6. The maximum Gasteiger partial charge on any atom is 0.242 e. The van der Waals surface area contributed by atoms with E-state index in [4.69, 9.17) is 11.5 Å². The Bertz CT molecular complexity index is 1500. The van der Waals surface area contributed by atoms with E-state index in [-0.39, 0.29) is 99.3 Å². The molecule has 3 aliphatic rings. The van der Waals surface area contributed by atoms with Crippen molar-refractivity contribution in [3.05, 3.63) is 70.8 Å². The summed E-state index contributed by atoms with van der Waals surface area (Å²) in [4.78, 5) is 87.9. The third kappa shape index (κ3) is 12.4. The molecule has 0 radical (unpaired) electrons. The quantitative estimate of drug-likeness (QED) is 0.318. The molecular weight excluding hydrogens is 735 g/mol. The van der Waals surface area contributed by atoms with Crippen molar-refractivity contribution in [2.75, 3.05) is 78.5 Å². The van der Waals surface area contributed by atoms with E-state index in [1.54, 1.807) is 19.6 Å². The Morgan fingerprint density at radius 3 is 1.13 bits per heavy atom. The van der Waals surface area contributed by atoms with Crippen molar-refractivity contribution in [2.45, 2.75) is 51.6 Å². The summed E-state index contributed by atoms with van der Waals surface area (Å²) >= 11 is 0. The van der Waals surface area contributed by atoms with Crippen molar-refractivity contribution in [2.24, 2.45) is 11.5 Å². The number of piperazine rings is 2. The van der Waals surface area contributed by atoms with E-state index in [1.807, 2.05) is 48.5 Å². The monoisotopic (exact) mass is 788 g/mol. The fourth-order valence-electron chi connectivity index (χ4n) is 6.94.